The summed E-state index contributed by atoms with van der Waals surface area (Å²) in [5, 5.41) is 6.81. The number of hydrogen-bond donors (Lipinski definition) is 1. The van der Waals surface area contributed by atoms with E-state index in [0.29, 0.717) is 0 Å². The van der Waals surface area contributed by atoms with Crippen LogP contribution in [-0.4, -0.2) is 30.0 Å². The number of nitrogens with zero attached hydrogens (tertiary/aromatic N) is 2. The van der Waals surface area contributed by atoms with Crippen molar-refractivity contribution in [3.63, 3.8) is 0 Å². The molecule has 0 saturated heterocycles. The second kappa shape index (κ2) is 6.47. The molecule has 0 aliphatic heterocycles. The van der Waals surface area contributed by atoms with Crippen molar-refractivity contribution in [1.82, 2.24) is 15.2 Å². The maximum Gasteiger partial charge on any atom is 0.107 e. The van der Waals surface area contributed by atoms with Crippen LogP contribution in [0.1, 0.15) is 36.9 Å². The van der Waals surface area contributed by atoms with Gasteiger partial charge in [0.1, 0.15) is 5.01 Å². The molecule has 0 amide bonds. The minimum absolute atomic E-state index is 0.921. The SMILES string of the molecule is CCCNCc1nc(CN(C)CC2CC2)cs1. The summed E-state index contributed by atoms with van der Waals surface area (Å²) >= 11 is 1.78. The molecule has 1 N–H and O–H groups in total. The van der Waals surface area contributed by atoms with Gasteiger partial charge in [-0.1, -0.05) is 6.92 Å². The van der Waals surface area contributed by atoms with Crippen LogP contribution in [0.4, 0.5) is 0 Å². The Balaban J connectivity index is 1.72. The molecule has 0 unspecified atom stereocenters. The van der Waals surface area contributed by atoms with Crippen LogP contribution in [0.2, 0.25) is 0 Å². The number of aromatic nitrogens is 1. The van der Waals surface area contributed by atoms with E-state index in [0.717, 1.165) is 25.6 Å². The first kappa shape index (κ1) is 13.0. The van der Waals surface area contributed by atoms with Gasteiger partial charge in [0, 0.05) is 25.0 Å². The van der Waals surface area contributed by atoms with E-state index < -0.39 is 0 Å². The van der Waals surface area contributed by atoms with Gasteiger partial charge in [0.15, 0.2) is 0 Å². The highest BCUT2D eigenvalue weighted by molar-refractivity contribution is 7.09. The van der Waals surface area contributed by atoms with Gasteiger partial charge >= 0.3 is 0 Å². The second-order valence-corrected chi connectivity index (χ2v) is 5.99. The Hall–Kier alpha value is -0.450. The Morgan fingerprint density at radius 3 is 3.06 bits per heavy atom. The van der Waals surface area contributed by atoms with Gasteiger partial charge in [0.25, 0.3) is 0 Å². The summed E-state index contributed by atoms with van der Waals surface area (Å²) in [7, 11) is 2.20. The zero-order valence-corrected chi connectivity index (χ0v) is 11.7. The molecule has 1 fully saturated rings. The van der Waals surface area contributed by atoms with Crippen LogP contribution in [-0.2, 0) is 13.1 Å². The predicted octanol–water partition coefficient (Wildman–Crippen LogP) is 2.48. The average Bonchev–Trinajstić information content (AvgIpc) is 2.99. The molecule has 2 rings (SSSR count). The van der Waals surface area contributed by atoms with Gasteiger partial charge in [-0.2, -0.15) is 0 Å². The third-order valence-corrected chi connectivity index (χ3v) is 3.90. The van der Waals surface area contributed by atoms with Crippen LogP contribution >= 0.6 is 11.3 Å². The molecule has 1 aliphatic carbocycles. The van der Waals surface area contributed by atoms with Gasteiger partial charge < -0.3 is 10.2 Å². The highest BCUT2D eigenvalue weighted by atomic mass is 32.1. The third-order valence-electron chi connectivity index (χ3n) is 3.00. The zero-order valence-electron chi connectivity index (χ0n) is 10.9. The van der Waals surface area contributed by atoms with E-state index in [1.54, 1.807) is 11.3 Å². The van der Waals surface area contributed by atoms with E-state index in [1.165, 1.54) is 36.5 Å². The zero-order chi connectivity index (χ0) is 12.1. The highest BCUT2D eigenvalue weighted by Crippen LogP contribution is 2.29. The standard InChI is InChI=1S/C13H23N3S/c1-3-6-14-7-13-15-12(10-17-13)9-16(2)8-11-4-5-11/h10-11,14H,3-9H2,1-2H3. The minimum atomic E-state index is 0.921. The van der Waals surface area contributed by atoms with Crippen molar-refractivity contribution in [3.05, 3.63) is 16.1 Å². The van der Waals surface area contributed by atoms with Crippen LogP contribution in [0.25, 0.3) is 0 Å². The van der Waals surface area contributed by atoms with E-state index in [9.17, 15) is 0 Å². The number of hydrogen-bond acceptors (Lipinski definition) is 4. The summed E-state index contributed by atoms with van der Waals surface area (Å²) in [6, 6.07) is 0. The van der Waals surface area contributed by atoms with Gasteiger partial charge in [-0.15, -0.1) is 11.3 Å². The molecule has 17 heavy (non-hydrogen) atoms. The molecule has 3 nitrogen and oxygen atoms in total. The van der Waals surface area contributed by atoms with E-state index >= 15 is 0 Å². The molecule has 96 valence electrons. The third kappa shape index (κ3) is 4.74. The molecule has 1 aromatic rings. The van der Waals surface area contributed by atoms with Gasteiger partial charge in [0.05, 0.1) is 5.69 Å². The normalized spacial score (nSPS) is 15.7. The Bertz CT molecular complexity index is 333. The molecule has 0 spiro atoms. The van der Waals surface area contributed by atoms with E-state index in [2.05, 4.69) is 34.6 Å². The Kier molecular flexibility index (Phi) is 4.95. The summed E-state index contributed by atoms with van der Waals surface area (Å²) < 4.78 is 0. The maximum atomic E-state index is 4.66. The lowest BCUT2D eigenvalue weighted by Crippen LogP contribution is -2.20. The molecule has 1 aromatic heterocycles. The molecule has 0 aromatic carbocycles. The van der Waals surface area contributed by atoms with Gasteiger partial charge in [0.2, 0.25) is 0 Å². The fourth-order valence-corrected chi connectivity index (χ4v) is 2.71. The fourth-order valence-electron chi connectivity index (χ4n) is 1.96. The monoisotopic (exact) mass is 253 g/mol. The summed E-state index contributed by atoms with van der Waals surface area (Å²) in [4.78, 5) is 7.06. The van der Waals surface area contributed by atoms with Crippen LogP contribution in [0.5, 0.6) is 0 Å². The molecule has 4 heteroatoms. The Morgan fingerprint density at radius 1 is 1.53 bits per heavy atom. The van der Waals surface area contributed by atoms with E-state index in [-0.39, 0.29) is 0 Å². The van der Waals surface area contributed by atoms with Crippen molar-refractivity contribution in [2.24, 2.45) is 5.92 Å². The topological polar surface area (TPSA) is 28.2 Å². The number of nitrogens with one attached hydrogen (secondary N) is 1. The summed E-state index contributed by atoms with van der Waals surface area (Å²) in [5.74, 6) is 0.962. The first-order chi connectivity index (χ1) is 8.28. The quantitative estimate of drug-likeness (QED) is 0.722. The molecule has 0 bridgehead atoms. The predicted molar refractivity (Wildman–Crippen MR) is 73.2 cm³/mol. The first-order valence-electron chi connectivity index (χ1n) is 6.60. The van der Waals surface area contributed by atoms with Crippen molar-refractivity contribution in [1.29, 1.82) is 0 Å². The smallest absolute Gasteiger partial charge is 0.107 e. The second-order valence-electron chi connectivity index (χ2n) is 5.05. The lowest BCUT2D eigenvalue weighted by Gasteiger charge is -2.14. The lowest BCUT2D eigenvalue weighted by molar-refractivity contribution is 0.310. The van der Waals surface area contributed by atoms with Gasteiger partial charge in [-0.25, -0.2) is 4.98 Å². The highest BCUT2D eigenvalue weighted by Gasteiger charge is 2.22. The first-order valence-corrected chi connectivity index (χ1v) is 7.48. The molecular weight excluding hydrogens is 230 g/mol. The lowest BCUT2D eigenvalue weighted by atomic mass is 10.3. The number of rotatable bonds is 8. The van der Waals surface area contributed by atoms with Crippen LogP contribution < -0.4 is 5.32 Å². The molecule has 1 heterocycles. The molecule has 1 saturated carbocycles. The number of thiazole rings is 1. The molecule has 0 atom stereocenters. The van der Waals surface area contributed by atoms with Crippen molar-refractivity contribution in [3.8, 4) is 0 Å². The summed E-state index contributed by atoms with van der Waals surface area (Å²) in [6.45, 7) is 6.43. The summed E-state index contributed by atoms with van der Waals surface area (Å²) in [5.41, 5.74) is 1.23. The maximum absolute atomic E-state index is 4.66. The van der Waals surface area contributed by atoms with Crippen molar-refractivity contribution in [2.75, 3.05) is 20.1 Å². The van der Waals surface area contributed by atoms with E-state index in [1.807, 2.05) is 0 Å². The van der Waals surface area contributed by atoms with Crippen LogP contribution in [0.15, 0.2) is 5.38 Å². The van der Waals surface area contributed by atoms with Crippen molar-refractivity contribution in [2.45, 2.75) is 39.3 Å². The largest absolute Gasteiger partial charge is 0.310 e. The Labute approximate surface area is 108 Å². The Morgan fingerprint density at radius 2 is 2.35 bits per heavy atom. The average molecular weight is 253 g/mol. The van der Waals surface area contributed by atoms with Gasteiger partial charge in [-0.05, 0) is 38.8 Å². The molecule has 1 aliphatic rings. The van der Waals surface area contributed by atoms with Crippen molar-refractivity contribution < 1.29 is 0 Å². The van der Waals surface area contributed by atoms with E-state index in [4.69, 9.17) is 0 Å². The van der Waals surface area contributed by atoms with Crippen molar-refractivity contribution >= 4 is 11.3 Å². The van der Waals surface area contributed by atoms with Crippen LogP contribution in [0.3, 0.4) is 0 Å². The molecular formula is C13H23N3S. The minimum Gasteiger partial charge on any atom is -0.310 e. The van der Waals surface area contributed by atoms with Crippen LogP contribution in [0, 0.1) is 5.92 Å². The molecule has 0 radical (unpaired) electrons. The summed E-state index contributed by atoms with van der Waals surface area (Å²) in [6.07, 6.45) is 4.03. The van der Waals surface area contributed by atoms with Gasteiger partial charge in [-0.3, -0.25) is 0 Å². The fraction of sp³-hybridized carbons (Fsp3) is 0.769.